The zero-order chi connectivity index (χ0) is 52.2. The Bertz CT molecular complexity index is 1310. The molecule has 0 fully saturated rings. The molecule has 10 heteroatoms. The monoisotopic (exact) mass is 1020 g/mol. The van der Waals surface area contributed by atoms with Gasteiger partial charge in [-0.2, -0.15) is 0 Å². The summed E-state index contributed by atoms with van der Waals surface area (Å²) < 4.78 is 30.3. The summed E-state index contributed by atoms with van der Waals surface area (Å²) in [5.74, 6) is -0.535. The van der Waals surface area contributed by atoms with Gasteiger partial charge in [0.15, 0.2) is 0 Å². The first kappa shape index (κ1) is 69.2. The summed E-state index contributed by atoms with van der Waals surface area (Å²) >= 11 is 0. The van der Waals surface area contributed by atoms with E-state index in [9.17, 15) is 19.0 Å². The highest BCUT2D eigenvalue weighted by Gasteiger charge is 2.27. The number of ether oxygens (including phenoxy) is 1. The number of phosphoric ester groups is 1. The minimum Gasteiger partial charge on any atom is -0.756 e. The van der Waals surface area contributed by atoms with Crippen molar-refractivity contribution >= 4 is 19.7 Å². The van der Waals surface area contributed by atoms with E-state index in [0.29, 0.717) is 17.4 Å². The van der Waals surface area contributed by atoms with E-state index in [0.717, 1.165) is 77.0 Å². The lowest BCUT2D eigenvalue weighted by Gasteiger charge is -2.30. The van der Waals surface area contributed by atoms with Crippen LogP contribution in [0.1, 0.15) is 290 Å². The lowest BCUT2D eigenvalue weighted by atomic mass is 10.0. The van der Waals surface area contributed by atoms with Gasteiger partial charge in [-0.3, -0.25) is 14.2 Å². The summed E-state index contributed by atoms with van der Waals surface area (Å²) in [6, 6.07) is -0.885. The van der Waals surface area contributed by atoms with Gasteiger partial charge in [-0.15, -0.1) is 0 Å². The van der Waals surface area contributed by atoms with Gasteiger partial charge in [0.25, 0.3) is 7.82 Å². The number of hydrogen-bond acceptors (Lipinski definition) is 7. The van der Waals surface area contributed by atoms with Crippen LogP contribution in [-0.4, -0.2) is 69.4 Å². The molecule has 0 saturated heterocycles. The van der Waals surface area contributed by atoms with E-state index >= 15 is 0 Å². The molecule has 0 aliphatic heterocycles. The Hall–Kier alpha value is -1.77. The van der Waals surface area contributed by atoms with Gasteiger partial charge < -0.3 is 28.5 Å². The fraction of sp³-hybridized carbons (Fsp3) is 0.869. The summed E-state index contributed by atoms with van der Waals surface area (Å²) in [5.41, 5.74) is 0. The van der Waals surface area contributed by atoms with Crippen molar-refractivity contribution in [3.8, 4) is 0 Å². The van der Waals surface area contributed by atoms with Crippen molar-refractivity contribution in [1.29, 1.82) is 0 Å². The first-order valence-electron chi connectivity index (χ1n) is 30.3. The Balaban J connectivity index is 5.23. The normalized spacial score (nSPS) is 14.0. The summed E-state index contributed by atoms with van der Waals surface area (Å²) in [7, 11) is 1.19. The minimum absolute atomic E-state index is 0.0210. The van der Waals surface area contributed by atoms with Crippen LogP contribution < -0.4 is 10.2 Å². The molecule has 3 atom stereocenters. The van der Waals surface area contributed by atoms with Crippen molar-refractivity contribution in [2.45, 2.75) is 303 Å². The summed E-state index contributed by atoms with van der Waals surface area (Å²) in [6.07, 6.45) is 61.0. The van der Waals surface area contributed by atoms with Gasteiger partial charge in [-0.1, -0.05) is 250 Å². The zero-order valence-corrected chi connectivity index (χ0v) is 48.6. The van der Waals surface area contributed by atoms with Crippen LogP contribution in [0.25, 0.3) is 0 Å². The predicted molar refractivity (Wildman–Crippen MR) is 303 cm³/mol. The third-order valence-corrected chi connectivity index (χ3v) is 14.5. The van der Waals surface area contributed by atoms with E-state index in [2.05, 4.69) is 50.4 Å². The van der Waals surface area contributed by atoms with Crippen LogP contribution in [0.5, 0.6) is 0 Å². The number of unbranched alkanes of at least 4 members (excludes halogenated alkanes) is 35. The molecule has 0 aliphatic carbocycles. The molecule has 0 rings (SSSR count). The number of nitrogens with zero attached hydrogens (tertiary/aromatic N) is 1. The van der Waals surface area contributed by atoms with Gasteiger partial charge in [0.1, 0.15) is 19.3 Å². The molecular weight excluding hydrogens is 904 g/mol. The van der Waals surface area contributed by atoms with Crippen molar-refractivity contribution in [2.24, 2.45) is 0 Å². The average molecular weight is 1020 g/mol. The summed E-state index contributed by atoms with van der Waals surface area (Å²) in [5, 5.41) is 3.03. The smallest absolute Gasteiger partial charge is 0.306 e. The molecule has 3 unspecified atom stereocenters. The van der Waals surface area contributed by atoms with E-state index in [1.54, 1.807) is 0 Å². The van der Waals surface area contributed by atoms with Gasteiger partial charge >= 0.3 is 5.97 Å². The van der Waals surface area contributed by atoms with Crippen molar-refractivity contribution in [3.63, 3.8) is 0 Å². The number of carbonyl (C=O) groups excluding carboxylic acids is 2. The molecule has 0 aromatic carbocycles. The van der Waals surface area contributed by atoms with E-state index in [4.69, 9.17) is 13.8 Å². The SMILES string of the molecule is CCCCC/C=C\C/C=C\CCCCCCCCCCCC(=O)NC(COP(=O)([O-])OCC[N+](C)(C)C)C(/C=C/CCCCCCCCCCC)OC(=O)CCCCCCCCCCCCCCCCC. The molecule has 418 valence electrons. The molecule has 0 spiro atoms. The largest absolute Gasteiger partial charge is 0.756 e. The molecule has 0 bridgehead atoms. The number of likely N-dealkylation sites (N-methyl/N-ethyl adjacent to an activating group) is 1. The molecule has 0 saturated carbocycles. The minimum atomic E-state index is -4.69. The number of amides is 1. The number of carbonyl (C=O) groups is 2. The molecule has 0 aliphatic rings. The van der Waals surface area contributed by atoms with E-state index in [1.165, 1.54) is 180 Å². The van der Waals surface area contributed by atoms with E-state index in [-0.39, 0.29) is 31.5 Å². The highest BCUT2D eigenvalue weighted by Crippen LogP contribution is 2.38. The number of hydrogen-bond donors (Lipinski definition) is 1. The van der Waals surface area contributed by atoms with E-state index < -0.39 is 20.0 Å². The predicted octanol–water partition coefficient (Wildman–Crippen LogP) is 17.7. The number of rotatable bonds is 55. The molecule has 0 aromatic rings. The first-order valence-corrected chi connectivity index (χ1v) is 31.8. The number of phosphoric acid groups is 1. The van der Waals surface area contributed by atoms with Crippen LogP contribution in [0.2, 0.25) is 0 Å². The maximum Gasteiger partial charge on any atom is 0.306 e. The lowest BCUT2D eigenvalue weighted by molar-refractivity contribution is -0.870. The molecule has 0 aromatic heterocycles. The van der Waals surface area contributed by atoms with Gasteiger partial charge in [0.05, 0.1) is 33.8 Å². The number of nitrogens with one attached hydrogen (secondary N) is 1. The van der Waals surface area contributed by atoms with Crippen LogP contribution in [-0.2, 0) is 27.9 Å². The topological polar surface area (TPSA) is 114 Å². The van der Waals surface area contributed by atoms with Crippen LogP contribution >= 0.6 is 7.82 Å². The van der Waals surface area contributed by atoms with E-state index in [1.807, 2.05) is 33.3 Å². The Labute approximate surface area is 440 Å². The first-order chi connectivity index (χ1) is 34.4. The number of quaternary nitrogens is 1. The summed E-state index contributed by atoms with van der Waals surface area (Å²) in [6.45, 7) is 6.84. The maximum absolute atomic E-state index is 13.5. The Morgan fingerprint density at radius 3 is 1.30 bits per heavy atom. The standard InChI is InChI=1S/C61H117N2O7P/c1-7-10-13-16-19-22-25-27-29-30-31-32-34-35-38-41-44-47-50-53-60(64)62-58(57-69-71(66,67)68-56-55-63(4,5)6)59(52-49-46-43-40-37-24-21-18-15-12-9-3)70-61(65)54-51-48-45-42-39-36-33-28-26-23-20-17-14-11-8-2/h19,22,27,29,49,52,58-59H,7-18,20-21,23-26,28,30-48,50-51,53-57H2,1-6H3,(H-,62,64,66,67)/b22-19-,29-27-,52-49+. The van der Waals surface area contributed by atoms with Crippen molar-refractivity contribution < 1.29 is 37.3 Å². The second kappa shape index (κ2) is 51.7. The molecule has 1 N–H and O–H groups in total. The second-order valence-electron chi connectivity index (χ2n) is 21.9. The van der Waals surface area contributed by atoms with Crippen LogP contribution in [0.4, 0.5) is 0 Å². The highest BCUT2D eigenvalue weighted by molar-refractivity contribution is 7.45. The van der Waals surface area contributed by atoms with Gasteiger partial charge in [0, 0.05) is 12.8 Å². The second-order valence-corrected chi connectivity index (χ2v) is 23.3. The number of allylic oxidation sites excluding steroid dienone is 5. The maximum atomic E-state index is 13.5. The number of esters is 1. The Morgan fingerprint density at radius 2 is 0.859 bits per heavy atom. The lowest BCUT2D eigenvalue weighted by Crippen LogP contribution is -2.47. The van der Waals surface area contributed by atoms with Gasteiger partial charge in [0.2, 0.25) is 5.91 Å². The third-order valence-electron chi connectivity index (χ3n) is 13.6. The Kier molecular flexibility index (Phi) is 50.4. The quantitative estimate of drug-likeness (QED) is 0.0212. The van der Waals surface area contributed by atoms with Crippen molar-refractivity contribution in [1.82, 2.24) is 5.32 Å². The fourth-order valence-corrected chi connectivity index (χ4v) is 9.57. The summed E-state index contributed by atoms with van der Waals surface area (Å²) in [4.78, 5) is 39.9. The molecule has 71 heavy (non-hydrogen) atoms. The molecular formula is C61H117N2O7P. The van der Waals surface area contributed by atoms with Crippen LogP contribution in [0.3, 0.4) is 0 Å². The Morgan fingerprint density at radius 1 is 0.493 bits per heavy atom. The zero-order valence-electron chi connectivity index (χ0n) is 47.7. The highest BCUT2D eigenvalue weighted by atomic mass is 31.2. The van der Waals surface area contributed by atoms with Crippen molar-refractivity contribution in [2.75, 3.05) is 40.9 Å². The third kappa shape index (κ3) is 52.9. The van der Waals surface area contributed by atoms with Crippen molar-refractivity contribution in [3.05, 3.63) is 36.5 Å². The van der Waals surface area contributed by atoms with Crippen LogP contribution in [0.15, 0.2) is 36.5 Å². The van der Waals surface area contributed by atoms with Gasteiger partial charge in [-0.05, 0) is 63.9 Å². The van der Waals surface area contributed by atoms with Gasteiger partial charge in [-0.25, -0.2) is 0 Å². The van der Waals surface area contributed by atoms with Crippen LogP contribution in [0, 0.1) is 0 Å². The fourth-order valence-electron chi connectivity index (χ4n) is 8.85. The molecule has 9 nitrogen and oxygen atoms in total. The molecule has 0 radical (unpaired) electrons. The molecule has 1 amide bonds. The average Bonchev–Trinajstić information content (AvgIpc) is 3.33. The molecule has 0 heterocycles.